The summed E-state index contributed by atoms with van der Waals surface area (Å²) in [6, 6.07) is 14.6. The van der Waals surface area contributed by atoms with Crippen LogP contribution in [0, 0.1) is 0 Å². The number of nitrogens with one attached hydrogen (secondary N) is 2. The van der Waals surface area contributed by atoms with E-state index >= 15 is 0 Å². The van der Waals surface area contributed by atoms with Gasteiger partial charge < -0.3 is 20.1 Å². The van der Waals surface area contributed by atoms with E-state index in [2.05, 4.69) is 10.6 Å². The second-order valence-electron chi connectivity index (χ2n) is 7.51. The predicted molar refractivity (Wildman–Crippen MR) is 125 cm³/mol. The van der Waals surface area contributed by atoms with Crippen molar-refractivity contribution in [3.8, 4) is 11.5 Å². The van der Waals surface area contributed by atoms with Crippen molar-refractivity contribution >= 4 is 15.9 Å². The minimum absolute atomic E-state index is 0.0720. The zero-order valence-corrected chi connectivity index (χ0v) is 19.9. The van der Waals surface area contributed by atoms with Crippen LogP contribution in [0.3, 0.4) is 0 Å². The van der Waals surface area contributed by atoms with Crippen LogP contribution >= 0.6 is 0 Å². The number of rotatable bonds is 13. The fourth-order valence-corrected chi connectivity index (χ4v) is 4.46. The Balaban J connectivity index is 2.12. The van der Waals surface area contributed by atoms with Crippen molar-refractivity contribution in [3.05, 3.63) is 59.7 Å². The Morgan fingerprint density at radius 3 is 1.81 bits per heavy atom. The third-order valence-electron chi connectivity index (χ3n) is 5.05. The van der Waals surface area contributed by atoms with Gasteiger partial charge in [-0.15, -0.1) is 0 Å². The van der Waals surface area contributed by atoms with Crippen molar-refractivity contribution < 1.29 is 22.7 Å². The number of ether oxygens (including phenoxy) is 2. The Morgan fingerprint density at radius 1 is 0.938 bits per heavy atom. The molecule has 1 atom stereocenters. The van der Waals surface area contributed by atoms with E-state index in [1.165, 1.54) is 4.31 Å². The lowest BCUT2D eigenvalue weighted by atomic mass is 10.2. The maximum atomic E-state index is 13.2. The van der Waals surface area contributed by atoms with Gasteiger partial charge in [0.15, 0.2) is 0 Å². The molecule has 0 saturated heterocycles. The summed E-state index contributed by atoms with van der Waals surface area (Å²) in [7, 11) is 1.19. The molecule has 2 aromatic rings. The summed E-state index contributed by atoms with van der Waals surface area (Å²) < 4.78 is 38.3. The van der Waals surface area contributed by atoms with Gasteiger partial charge in [-0.1, -0.05) is 24.3 Å². The average Bonchev–Trinajstić information content (AvgIpc) is 2.79. The van der Waals surface area contributed by atoms with Gasteiger partial charge in [-0.05, 0) is 42.3 Å². The molecule has 2 rings (SSSR count). The first kappa shape index (κ1) is 25.6. The summed E-state index contributed by atoms with van der Waals surface area (Å²) in [5.74, 6) is 1.27. The molecule has 9 heteroatoms. The number of sulfonamides is 1. The molecule has 0 saturated carbocycles. The topological polar surface area (TPSA) is 97.0 Å². The SMILES string of the molecule is CNC(=O)CC(C)NCCS(=O)(=O)N(Cc1ccc(OC)cc1)Cc1ccc(OC)cc1. The standard InChI is InChI=1S/C23H33N3O5S/c1-18(15-23(27)24-2)25-13-14-32(28,29)26(16-19-5-9-21(30-3)10-6-19)17-20-7-11-22(31-4)12-8-20/h5-12,18,25H,13-17H2,1-4H3,(H,24,27). The van der Waals surface area contributed by atoms with Gasteiger partial charge in [-0.25, -0.2) is 8.42 Å². The minimum Gasteiger partial charge on any atom is -0.497 e. The molecular weight excluding hydrogens is 430 g/mol. The van der Waals surface area contributed by atoms with Crippen LogP contribution in [-0.4, -0.2) is 58.2 Å². The largest absolute Gasteiger partial charge is 0.497 e. The highest BCUT2D eigenvalue weighted by atomic mass is 32.2. The Bertz CT molecular complexity index is 897. The van der Waals surface area contributed by atoms with Crippen LogP contribution in [0.25, 0.3) is 0 Å². The van der Waals surface area contributed by atoms with E-state index < -0.39 is 10.0 Å². The van der Waals surface area contributed by atoms with Crippen molar-refractivity contribution in [1.82, 2.24) is 14.9 Å². The molecule has 0 aliphatic carbocycles. The number of hydrogen-bond acceptors (Lipinski definition) is 6. The molecule has 0 fully saturated rings. The van der Waals surface area contributed by atoms with Gasteiger partial charge in [0, 0.05) is 39.1 Å². The van der Waals surface area contributed by atoms with Gasteiger partial charge >= 0.3 is 0 Å². The lowest BCUT2D eigenvalue weighted by Gasteiger charge is -2.23. The molecule has 0 aliphatic heterocycles. The second kappa shape index (κ2) is 12.4. The Labute approximate surface area is 191 Å². The molecule has 0 aromatic heterocycles. The maximum absolute atomic E-state index is 13.2. The molecule has 1 unspecified atom stereocenters. The highest BCUT2D eigenvalue weighted by Crippen LogP contribution is 2.19. The molecule has 0 radical (unpaired) electrons. The molecule has 176 valence electrons. The summed E-state index contributed by atoms with van der Waals surface area (Å²) in [6.45, 7) is 2.59. The number of benzene rings is 2. The van der Waals surface area contributed by atoms with Gasteiger partial charge in [0.1, 0.15) is 11.5 Å². The quantitative estimate of drug-likeness (QED) is 0.473. The van der Waals surface area contributed by atoms with Gasteiger partial charge in [0.2, 0.25) is 15.9 Å². The Morgan fingerprint density at radius 2 is 1.41 bits per heavy atom. The fraction of sp³-hybridized carbons (Fsp3) is 0.435. The summed E-state index contributed by atoms with van der Waals surface area (Å²) in [5, 5.41) is 5.69. The minimum atomic E-state index is -3.57. The molecule has 0 bridgehead atoms. The smallest absolute Gasteiger partial charge is 0.221 e. The van der Waals surface area contributed by atoms with Gasteiger partial charge in [-0.3, -0.25) is 4.79 Å². The van der Waals surface area contributed by atoms with E-state index in [0.717, 1.165) is 11.1 Å². The van der Waals surface area contributed by atoms with Crippen molar-refractivity contribution in [3.63, 3.8) is 0 Å². The van der Waals surface area contributed by atoms with Crippen LogP contribution in [0.1, 0.15) is 24.5 Å². The molecular formula is C23H33N3O5S. The lowest BCUT2D eigenvalue weighted by Crippen LogP contribution is -2.39. The number of hydrogen-bond donors (Lipinski definition) is 2. The first-order valence-electron chi connectivity index (χ1n) is 10.4. The molecule has 2 N–H and O–H groups in total. The summed E-state index contributed by atoms with van der Waals surface area (Å²) in [5.41, 5.74) is 1.73. The normalized spacial score (nSPS) is 12.4. The van der Waals surface area contributed by atoms with Crippen molar-refractivity contribution in [2.24, 2.45) is 0 Å². The lowest BCUT2D eigenvalue weighted by molar-refractivity contribution is -0.121. The maximum Gasteiger partial charge on any atom is 0.221 e. The molecule has 2 aromatic carbocycles. The van der Waals surface area contributed by atoms with Crippen molar-refractivity contribution in [2.75, 3.05) is 33.6 Å². The summed E-state index contributed by atoms with van der Waals surface area (Å²) >= 11 is 0. The highest BCUT2D eigenvalue weighted by molar-refractivity contribution is 7.89. The molecule has 32 heavy (non-hydrogen) atoms. The molecule has 1 amide bonds. The third kappa shape index (κ3) is 8.14. The van der Waals surface area contributed by atoms with Crippen molar-refractivity contribution in [1.29, 1.82) is 0 Å². The number of carbonyl (C=O) groups is 1. The first-order chi connectivity index (χ1) is 15.3. The van der Waals surface area contributed by atoms with Crippen LogP contribution in [0.4, 0.5) is 0 Å². The van der Waals surface area contributed by atoms with Crippen LogP contribution in [0.5, 0.6) is 11.5 Å². The number of methoxy groups -OCH3 is 2. The van der Waals surface area contributed by atoms with E-state index in [1.807, 2.05) is 55.5 Å². The summed E-state index contributed by atoms with van der Waals surface area (Å²) in [4.78, 5) is 11.5. The second-order valence-corrected chi connectivity index (χ2v) is 9.60. The van der Waals surface area contributed by atoms with Crippen LogP contribution < -0.4 is 20.1 Å². The molecule has 8 nitrogen and oxygen atoms in total. The van der Waals surface area contributed by atoms with Crippen LogP contribution in [0.15, 0.2) is 48.5 Å². The first-order valence-corrected chi connectivity index (χ1v) is 12.1. The number of amides is 1. The zero-order chi connectivity index (χ0) is 23.6. The monoisotopic (exact) mass is 463 g/mol. The van der Waals surface area contributed by atoms with E-state index in [0.29, 0.717) is 11.5 Å². The Kier molecular flexibility index (Phi) is 9.96. The van der Waals surface area contributed by atoms with Crippen LogP contribution in [0.2, 0.25) is 0 Å². The van der Waals surface area contributed by atoms with E-state index in [1.54, 1.807) is 21.3 Å². The van der Waals surface area contributed by atoms with Gasteiger partial charge in [0.05, 0.1) is 20.0 Å². The zero-order valence-electron chi connectivity index (χ0n) is 19.1. The highest BCUT2D eigenvalue weighted by Gasteiger charge is 2.23. The van der Waals surface area contributed by atoms with Crippen LogP contribution in [-0.2, 0) is 27.9 Å². The fourth-order valence-electron chi connectivity index (χ4n) is 3.14. The molecule has 0 aliphatic rings. The van der Waals surface area contributed by atoms with E-state index in [-0.39, 0.29) is 43.8 Å². The molecule has 0 spiro atoms. The number of nitrogens with zero attached hydrogens (tertiary/aromatic N) is 1. The van der Waals surface area contributed by atoms with E-state index in [4.69, 9.17) is 9.47 Å². The summed E-state index contributed by atoms with van der Waals surface area (Å²) in [6.07, 6.45) is 0.290. The number of carbonyl (C=O) groups excluding carboxylic acids is 1. The third-order valence-corrected chi connectivity index (χ3v) is 6.82. The van der Waals surface area contributed by atoms with Gasteiger partial charge in [-0.2, -0.15) is 4.31 Å². The average molecular weight is 464 g/mol. The van der Waals surface area contributed by atoms with Crippen molar-refractivity contribution in [2.45, 2.75) is 32.5 Å². The predicted octanol–water partition coefficient (Wildman–Crippen LogP) is 2.15. The van der Waals surface area contributed by atoms with E-state index in [9.17, 15) is 13.2 Å². The Hall–Kier alpha value is -2.62. The van der Waals surface area contributed by atoms with Gasteiger partial charge in [0.25, 0.3) is 0 Å². The molecule has 0 heterocycles.